The molecular weight excluding hydrogens is 404 g/mol. The van der Waals surface area contributed by atoms with Gasteiger partial charge in [0.25, 0.3) is 11.6 Å². The predicted molar refractivity (Wildman–Crippen MR) is 87.6 cm³/mol. The van der Waals surface area contributed by atoms with Gasteiger partial charge in [-0.2, -0.15) is 0 Å². The average molecular weight is 414 g/mol. The molecule has 0 bridgehead atoms. The first-order chi connectivity index (χ1) is 9.88. The first-order valence-corrected chi connectivity index (χ1v) is 7.48. The fourth-order valence-corrected chi connectivity index (χ4v) is 2.89. The Morgan fingerprint density at radius 3 is 2.52 bits per heavy atom. The van der Waals surface area contributed by atoms with E-state index in [0.717, 1.165) is 4.47 Å². The van der Waals surface area contributed by atoms with Crippen molar-refractivity contribution < 1.29 is 9.72 Å². The van der Waals surface area contributed by atoms with E-state index in [9.17, 15) is 14.9 Å². The summed E-state index contributed by atoms with van der Waals surface area (Å²) in [4.78, 5) is 22.6. The molecule has 0 saturated heterocycles. The number of hydrogen-bond donors (Lipinski definition) is 1. The molecule has 0 unspecified atom stereocenters. The first kappa shape index (κ1) is 15.7. The van der Waals surface area contributed by atoms with Crippen LogP contribution in [0.5, 0.6) is 0 Å². The van der Waals surface area contributed by atoms with Gasteiger partial charge in [-0.25, -0.2) is 0 Å². The topological polar surface area (TPSA) is 72.2 Å². The molecular formula is C14H10Br2N2O3. The zero-order chi connectivity index (χ0) is 15.6. The molecule has 0 aromatic heterocycles. The smallest absolute Gasteiger partial charge is 0.270 e. The quantitative estimate of drug-likeness (QED) is 0.586. The Bertz CT molecular complexity index is 732. The molecule has 0 radical (unpaired) electrons. The van der Waals surface area contributed by atoms with E-state index in [-0.39, 0.29) is 17.2 Å². The van der Waals surface area contributed by atoms with Crippen molar-refractivity contribution in [1.82, 2.24) is 0 Å². The van der Waals surface area contributed by atoms with Gasteiger partial charge in [0.1, 0.15) is 0 Å². The molecule has 21 heavy (non-hydrogen) atoms. The van der Waals surface area contributed by atoms with Gasteiger partial charge in [0.05, 0.1) is 10.6 Å². The molecule has 5 nitrogen and oxygen atoms in total. The highest BCUT2D eigenvalue weighted by atomic mass is 79.9. The summed E-state index contributed by atoms with van der Waals surface area (Å²) < 4.78 is 1.59. The maximum Gasteiger partial charge on any atom is 0.270 e. The molecule has 0 saturated carbocycles. The standard InChI is InChI=1S/C14H10Br2N2O3/c1-8-2-4-10(18(20)21)7-11(8)14(19)17-13-5-3-9(15)6-12(13)16/h2-7H,1H3,(H,17,19). The summed E-state index contributed by atoms with van der Waals surface area (Å²) in [6.07, 6.45) is 0. The number of hydrogen-bond acceptors (Lipinski definition) is 3. The Morgan fingerprint density at radius 2 is 1.90 bits per heavy atom. The second-order valence-electron chi connectivity index (χ2n) is 4.33. The predicted octanol–water partition coefficient (Wildman–Crippen LogP) is 4.68. The summed E-state index contributed by atoms with van der Waals surface area (Å²) in [6, 6.07) is 9.54. The van der Waals surface area contributed by atoms with E-state index >= 15 is 0 Å². The molecule has 2 rings (SSSR count). The monoisotopic (exact) mass is 412 g/mol. The van der Waals surface area contributed by atoms with Gasteiger partial charge < -0.3 is 5.32 Å². The maximum atomic E-state index is 12.3. The van der Waals surface area contributed by atoms with Gasteiger partial charge in [-0.15, -0.1) is 0 Å². The number of anilines is 1. The van der Waals surface area contributed by atoms with Crippen molar-refractivity contribution >= 4 is 49.1 Å². The van der Waals surface area contributed by atoms with Gasteiger partial charge in [-0.05, 0) is 46.6 Å². The highest BCUT2D eigenvalue weighted by Gasteiger charge is 2.15. The van der Waals surface area contributed by atoms with Crippen LogP contribution in [0.1, 0.15) is 15.9 Å². The maximum absolute atomic E-state index is 12.3. The molecule has 0 aliphatic heterocycles. The Morgan fingerprint density at radius 1 is 1.19 bits per heavy atom. The molecule has 2 aromatic rings. The van der Waals surface area contributed by atoms with Gasteiger partial charge in [0.2, 0.25) is 0 Å². The fraction of sp³-hybridized carbons (Fsp3) is 0.0714. The lowest BCUT2D eigenvalue weighted by Gasteiger charge is -2.09. The van der Waals surface area contributed by atoms with Gasteiger partial charge in [-0.1, -0.05) is 22.0 Å². The summed E-state index contributed by atoms with van der Waals surface area (Å²) in [7, 11) is 0. The van der Waals surface area contributed by atoms with E-state index in [2.05, 4.69) is 37.2 Å². The average Bonchev–Trinajstić information content (AvgIpc) is 2.42. The number of carbonyl (C=O) groups excluding carboxylic acids is 1. The minimum Gasteiger partial charge on any atom is -0.321 e. The number of amides is 1. The number of nitrogens with zero attached hydrogens (tertiary/aromatic N) is 1. The summed E-state index contributed by atoms with van der Waals surface area (Å²) in [6.45, 7) is 1.73. The third kappa shape index (κ3) is 3.68. The van der Waals surface area contributed by atoms with Gasteiger partial charge in [-0.3, -0.25) is 14.9 Å². The minimum atomic E-state index is -0.522. The molecule has 0 heterocycles. The van der Waals surface area contributed by atoms with Gasteiger partial charge in [0.15, 0.2) is 0 Å². The van der Waals surface area contributed by atoms with Gasteiger partial charge in [0, 0.05) is 26.6 Å². The molecule has 0 fully saturated rings. The Labute approximate surface area is 137 Å². The SMILES string of the molecule is Cc1ccc([N+](=O)[O-])cc1C(=O)Nc1ccc(Br)cc1Br. The van der Waals surface area contributed by atoms with Crippen LogP contribution in [0.25, 0.3) is 0 Å². The summed E-state index contributed by atoms with van der Waals surface area (Å²) in [5.41, 5.74) is 1.43. The summed E-state index contributed by atoms with van der Waals surface area (Å²) in [5, 5.41) is 13.5. The summed E-state index contributed by atoms with van der Waals surface area (Å²) in [5.74, 6) is -0.390. The van der Waals surface area contributed by atoms with Crippen LogP contribution >= 0.6 is 31.9 Å². The lowest BCUT2D eigenvalue weighted by Crippen LogP contribution is -2.14. The zero-order valence-electron chi connectivity index (χ0n) is 10.9. The van der Waals surface area contributed by atoms with Crippen LogP contribution in [-0.4, -0.2) is 10.8 Å². The van der Waals surface area contributed by atoms with E-state index in [4.69, 9.17) is 0 Å². The van der Waals surface area contributed by atoms with Crippen LogP contribution in [-0.2, 0) is 0 Å². The third-order valence-electron chi connectivity index (χ3n) is 2.86. The largest absolute Gasteiger partial charge is 0.321 e. The molecule has 0 aliphatic carbocycles. The normalized spacial score (nSPS) is 10.2. The molecule has 2 aromatic carbocycles. The molecule has 0 spiro atoms. The third-order valence-corrected chi connectivity index (χ3v) is 4.01. The van der Waals surface area contributed by atoms with Crippen molar-refractivity contribution in [2.45, 2.75) is 6.92 Å². The van der Waals surface area contributed by atoms with Crippen LogP contribution in [0.4, 0.5) is 11.4 Å². The second-order valence-corrected chi connectivity index (χ2v) is 6.10. The van der Waals surface area contributed by atoms with Crippen molar-refractivity contribution in [1.29, 1.82) is 0 Å². The minimum absolute atomic E-state index is 0.111. The van der Waals surface area contributed by atoms with Crippen molar-refractivity contribution in [2.75, 3.05) is 5.32 Å². The molecule has 108 valence electrons. The number of nitro benzene ring substituents is 1. The van der Waals surface area contributed by atoms with Crippen LogP contribution in [0, 0.1) is 17.0 Å². The lowest BCUT2D eigenvalue weighted by atomic mass is 10.1. The summed E-state index contributed by atoms with van der Waals surface area (Å²) >= 11 is 6.68. The zero-order valence-corrected chi connectivity index (χ0v) is 14.1. The number of benzene rings is 2. The second kappa shape index (κ2) is 6.36. The molecule has 7 heteroatoms. The highest BCUT2D eigenvalue weighted by molar-refractivity contribution is 9.11. The Kier molecular flexibility index (Phi) is 4.74. The van der Waals surface area contributed by atoms with Crippen molar-refractivity contribution in [3.63, 3.8) is 0 Å². The number of halogens is 2. The number of nitrogens with one attached hydrogen (secondary N) is 1. The number of carbonyl (C=O) groups is 1. The number of rotatable bonds is 3. The fourth-order valence-electron chi connectivity index (χ4n) is 1.75. The molecule has 0 aliphatic rings. The van der Waals surface area contributed by atoms with E-state index in [1.165, 1.54) is 12.1 Å². The van der Waals surface area contributed by atoms with Crippen molar-refractivity contribution in [2.24, 2.45) is 0 Å². The van der Waals surface area contributed by atoms with Crippen molar-refractivity contribution in [3.8, 4) is 0 Å². The lowest BCUT2D eigenvalue weighted by molar-refractivity contribution is -0.384. The van der Waals surface area contributed by atoms with E-state index in [1.807, 2.05) is 0 Å². The number of non-ortho nitro benzene ring substituents is 1. The molecule has 0 atom stereocenters. The van der Waals surface area contributed by atoms with Crippen LogP contribution in [0.15, 0.2) is 45.3 Å². The Balaban J connectivity index is 2.32. The van der Waals surface area contributed by atoms with Crippen LogP contribution < -0.4 is 5.32 Å². The van der Waals surface area contributed by atoms with Crippen LogP contribution in [0.3, 0.4) is 0 Å². The van der Waals surface area contributed by atoms with Crippen LogP contribution in [0.2, 0.25) is 0 Å². The van der Waals surface area contributed by atoms with Crippen molar-refractivity contribution in [3.05, 3.63) is 66.6 Å². The molecule has 1 amide bonds. The Hall–Kier alpha value is -1.73. The van der Waals surface area contributed by atoms with E-state index in [1.54, 1.807) is 31.2 Å². The number of nitro groups is 1. The number of aryl methyl sites for hydroxylation is 1. The molecule has 1 N–H and O–H groups in total. The van der Waals surface area contributed by atoms with Gasteiger partial charge >= 0.3 is 0 Å². The highest BCUT2D eigenvalue weighted by Crippen LogP contribution is 2.27. The van der Waals surface area contributed by atoms with E-state index < -0.39 is 4.92 Å². The first-order valence-electron chi connectivity index (χ1n) is 5.90. The van der Waals surface area contributed by atoms with E-state index in [0.29, 0.717) is 15.7 Å².